The third-order valence-electron chi connectivity index (χ3n) is 3.19. The number of benzene rings is 1. The molecule has 1 aromatic carbocycles. The summed E-state index contributed by atoms with van der Waals surface area (Å²) in [6.45, 7) is 1.10. The largest absolute Gasteiger partial charge is 0.465 e. The molecule has 0 bridgehead atoms. The summed E-state index contributed by atoms with van der Waals surface area (Å²) in [6.07, 6.45) is 0. The highest BCUT2D eigenvalue weighted by molar-refractivity contribution is 6.39. The molecule has 0 atom stereocenters. The van der Waals surface area contributed by atoms with Crippen molar-refractivity contribution in [3.05, 3.63) is 29.8 Å². The average molecular weight is 338 g/mol. The Bertz CT molecular complexity index is 567. The molecule has 0 aliphatic heterocycles. The van der Waals surface area contributed by atoms with Gasteiger partial charge in [-0.05, 0) is 12.1 Å². The first-order chi connectivity index (χ1) is 11.5. The predicted molar refractivity (Wildman–Crippen MR) is 86.7 cm³/mol. The van der Waals surface area contributed by atoms with Crippen LogP contribution in [0.5, 0.6) is 0 Å². The van der Waals surface area contributed by atoms with Crippen molar-refractivity contribution in [2.75, 3.05) is 52.9 Å². The summed E-state index contributed by atoms with van der Waals surface area (Å²) < 4.78 is 14.5. The van der Waals surface area contributed by atoms with E-state index >= 15 is 0 Å². The second kappa shape index (κ2) is 10.3. The van der Waals surface area contributed by atoms with Crippen LogP contribution in [-0.4, -0.2) is 70.3 Å². The van der Waals surface area contributed by atoms with Crippen LogP contribution in [0.25, 0.3) is 0 Å². The number of carbonyl (C=O) groups is 3. The average Bonchev–Trinajstić information content (AvgIpc) is 2.61. The van der Waals surface area contributed by atoms with Crippen molar-refractivity contribution >= 4 is 23.5 Å². The summed E-state index contributed by atoms with van der Waals surface area (Å²) in [5, 5.41) is 2.45. The molecule has 1 aromatic rings. The molecule has 0 radical (unpaired) electrons. The number of rotatable bonds is 8. The lowest BCUT2D eigenvalue weighted by Crippen LogP contribution is -2.43. The number of anilines is 1. The zero-order valence-corrected chi connectivity index (χ0v) is 14.0. The van der Waals surface area contributed by atoms with Crippen LogP contribution in [0.2, 0.25) is 0 Å². The molecular formula is C16H22N2O6. The lowest BCUT2D eigenvalue weighted by atomic mass is 10.2. The molecule has 8 nitrogen and oxygen atoms in total. The Hall–Kier alpha value is -2.45. The molecule has 2 amide bonds. The summed E-state index contributed by atoms with van der Waals surface area (Å²) in [4.78, 5) is 37.5. The molecule has 24 heavy (non-hydrogen) atoms. The van der Waals surface area contributed by atoms with Crippen molar-refractivity contribution in [3.63, 3.8) is 0 Å². The highest BCUT2D eigenvalue weighted by Crippen LogP contribution is 2.16. The van der Waals surface area contributed by atoms with Crippen LogP contribution in [0.15, 0.2) is 24.3 Å². The molecule has 0 aliphatic carbocycles. The summed E-state index contributed by atoms with van der Waals surface area (Å²) in [5.74, 6) is -2.18. The zero-order chi connectivity index (χ0) is 17.9. The zero-order valence-electron chi connectivity index (χ0n) is 14.0. The van der Waals surface area contributed by atoms with Crippen LogP contribution in [0.1, 0.15) is 10.4 Å². The van der Waals surface area contributed by atoms with E-state index in [2.05, 4.69) is 10.1 Å². The first-order valence-electron chi connectivity index (χ1n) is 7.30. The highest BCUT2D eigenvalue weighted by Gasteiger charge is 2.23. The molecule has 0 aromatic heterocycles. The van der Waals surface area contributed by atoms with Gasteiger partial charge in [0.2, 0.25) is 0 Å². The number of ether oxygens (including phenoxy) is 3. The number of esters is 1. The standard InChI is InChI=1S/C16H22N2O6/c1-22-10-8-18(9-11-23-2)15(20)14(19)17-13-7-5-4-6-12(13)16(21)24-3/h4-7H,8-11H2,1-3H3,(H,17,19). The van der Waals surface area contributed by atoms with E-state index in [0.717, 1.165) is 0 Å². The van der Waals surface area contributed by atoms with Gasteiger partial charge < -0.3 is 24.4 Å². The van der Waals surface area contributed by atoms with Gasteiger partial charge in [0.25, 0.3) is 0 Å². The van der Waals surface area contributed by atoms with Crippen LogP contribution in [0.3, 0.4) is 0 Å². The van der Waals surface area contributed by atoms with Crippen molar-refractivity contribution in [1.82, 2.24) is 4.90 Å². The number of nitrogens with zero attached hydrogens (tertiary/aromatic N) is 1. The molecule has 8 heteroatoms. The van der Waals surface area contributed by atoms with Crippen molar-refractivity contribution < 1.29 is 28.6 Å². The van der Waals surface area contributed by atoms with Crippen molar-refractivity contribution in [2.45, 2.75) is 0 Å². The minimum atomic E-state index is -0.849. The van der Waals surface area contributed by atoms with Gasteiger partial charge in [-0.2, -0.15) is 0 Å². The van der Waals surface area contributed by atoms with Crippen molar-refractivity contribution in [3.8, 4) is 0 Å². The second-order valence-electron chi connectivity index (χ2n) is 4.77. The number of carbonyl (C=O) groups excluding carboxylic acids is 3. The quantitative estimate of drug-likeness (QED) is 0.549. The monoisotopic (exact) mass is 338 g/mol. The van der Waals surface area contributed by atoms with Crippen molar-refractivity contribution in [2.24, 2.45) is 0 Å². The van der Waals surface area contributed by atoms with E-state index in [-0.39, 0.29) is 24.3 Å². The number of nitrogens with one attached hydrogen (secondary N) is 1. The molecule has 0 saturated heterocycles. The summed E-state index contributed by atoms with van der Waals surface area (Å²) in [6, 6.07) is 6.29. The van der Waals surface area contributed by atoms with Crippen LogP contribution < -0.4 is 5.32 Å². The fourth-order valence-electron chi connectivity index (χ4n) is 1.92. The number of methoxy groups -OCH3 is 3. The smallest absolute Gasteiger partial charge is 0.339 e. The molecule has 1 N–H and O–H groups in total. The molecule has 0 spiro atoms. The van der Waals surface area contributed by atoms with Gasteiger partial charge in [0, 0.05) is 27.3 Å². The van der Waals surface area contributed by atoms with Crippen LogP contribution in [-0.2, 0) is 23.8 Å². The topological polar surface area (TPSA) is 94.2 Å². The van der Waals surface area contributed by atoms with E-state index in [9.17, 15) is 14.4 Å². The normalized spacial score (nSPS) is 10.1. The maximum atomic E-state index is 12.3. The van der Waals surface area contributed by atoms with Crippen LogP contribution in [0.4, 0.5) is 5.69 Å². The summed E-state index contributed by atoms with van der Waals surface area (Å²) in [5.41, 5.74) is 0.377. The fraction of sp³-hybridized carbons (Fsp3) is 0.438. The van der Waals surface area contributed by atoms with Gasteiger partial charge in [0.15, 0.2) is 0 Å². The molecule has 0 unspecified atom stereocenters. The van der Waals surface area contributed by atoms with Crippen LogP contribution >= 0.6 is 0 Å². The Labute approximate surface area is 140 Å². The van der Waals surface area contributed by atoms with E-state index in [1.165, 1.54) is 38.4 Å². The third-order valence-corrected chi connectivity index (χ3v) is 3.19. The van der Waals surface area contributed by atoms with Gasteiger partial charge in [-0.3, -0.25) is 9.59 Å². The Kier molecular flexibility index (Phi) is 8.45. The molecule has 0 fully saturated rings. The summed E-state index contributed by atoms with van der Waals surface area (Å²) >= 11 is 0. The van der Waals surface area contributed by atoms with Gasteiger partial charge in [-0.15, -0.1) is 0 Å². The van der Waals surface area contributed by atoms with E-state index < -0.39 is 17.8 Å². The molecule has 1 rings (SSSR count). The third kappa shape index (κ3) is 5.64. The molecular weight excluding hydrogens is 316 g/mol. The fourth-order valence-corrected chi connectivity index (χ4v) is 1.92. The molecule has 0 heterocycles. The number of amides is 2. The van der Waals surface area contributed by atoms with E-state index in [1.54, 1.807) is 12.1 Å². The van der Waals surface area contributed by atoms with E-state index in [0.29, 0.717) is 13.2 Å². The van der Waals surface area contributed by atoms with Gasteiger partial charge in [-0.25, -0.2) is 4.79 Å². The minimum absolute atomic E-state index is 0.168. The van der Waals surface area contributed by atoms with Gasteiger partial charge in [-0.1, -0.05) is 12.1 Å². The molecule has 0 saturated carbocycles. The predicted octanol–water partition coefficient (Wildman–Crippen LogP) is 0.533. The van der Waals surface area contributed by atoms with Gasteiger partial charge in [0.1, 0.15) is 0 Å². The Balaban J connectivity index is 2.84. The maximum Gasteiger partial charge on any atom is 0.339 e. The maximum absolute atomic E-state index is 12.3. The lowest BCUT2D eigenvalue weighted by molar-refractivity contribution is -0.144. The first kappa shape index (κ1) is 19.6. The van der Waals surface area contributed by atoms with Gasteiger partial charge >= 0.3 is 17.8 Å². The second-order valence-corrected chi connectivity index (χ2v) is 4.77. The lowest BCUT2D eigenvalue weighted by Gasteiger charge is -2.21. The van der Waals surface area contributed by atoms with E-state index in [1.807, 2.05) is 0 Å². The Morgan fingerprint density at radius 3 is 2.12 bits per heavy atom. The Morgan fingerprint density at radius 2 is 1.58 bits per heavy atom. The SMILES string of the molecule is COCCN(CCOC)C(=O)C(=O)Nc1ccccc1C(=O)OC. The minimum Gasteiger partial charge on any atom is -0.465 e. The van der Waals surface area contributed by atoms with Crippen LogP contribution in [0, 0.1) is 0 Å². The van der Waals surface area contributed by atoms with Gasteiger partial charge in [0.05, 0.1) is 31.6 Å². The van der Waals surface area contributed by atoms with E-state index in [4.69, 9.17) is 9.47 Å². The first-order valence-corrected chi connectivity index (χ1v) is 7.30. The number of hydrogen-bond donors (Lipinski definition) is 1. The highest BCUT2D eigenvalue weighted by atomic mass is 16.5. The van der Waals surface area contributed by atoms with Crippen molar-refractivity contribution in [1.29, 1.82) is 0 Å². The molecule has 0 aliphatic rings. The summed E-state index contributed by atoms with van der Waals surface area (Å²) in [7, 11) is 4.25. The number of hydrogen-bond acceptors (Lipinski definition) is 6. The number of para-hydroxylation sites is 1. The Morgan fingerprint density at radius 1 is 1.00 bits per heavy atom. The molecule has 132 valence electrons.